The molecule has 0 N–H and O–H groups in total. The van der Waals surface area contributed by atoms with Crippen molar-refractivity contribution in [2.75, 3.05) is 0 Å². The van der Waals surface area contributed by atoms with Crippen LogP contribution in [0.4, 0.5) is 0 Å². The summed E-state index contributed by atoms with van der Waals surface area (Å²) in [6, 6.07) is 10.1. The van der Waals surface area contributed by atoms with Crippen LogP contribution in [-0.4, -0.2) is 0 Å². The third kappa shape index (κ3) is 7.14. The molecule has 1 aromatic carbocycles. The summed E-state index contributed by atoms with van der Waals surface area (Å²) in [6.07, 6.45) is 7.46. The molecule has 0 heterocycles. The first-order valence-corrected chi connectivity index (χ1v) is 6.88. The lowest BCUT2D eigenvalue weighted by Crippen LogP contribution is -1.80. The second-order valence-corrected chi connectivity index (χ2v) is 4.72. The molecule has 0 aliphatic carbocycles. The van der Waals surface area contributed by atoms with E-state index >= 15 is 0 Å². The van der Waals surface area contributed by atoms with Gasteiger partial charge in [0.2, 0.25) is 0 Å². The fraction of sp³-hybridized carbons (Fsp3) is 0.316. The molecule has 0 spiro atoms. The fourth-order valence-corrected chi connectivity index (χ4v) is 1.54. The molecule has 0 heteroatoms. The molecule has 1 aromatic rings. The maximum absolute atomic E-state index is 3.28. The molecule has 0 bridgehead atoms. The Morgan fingerprint density at radius 3 is 2.53 bits per heavy atom. The van der Waals surface area contributed by atoms with Gasteiger partial charge in [-0.2, -0.15) is 0 Å². The van der Waals surface area contributed by atoms with E-state index in [1.807, 2.05) is 50.3 Å². The number of hydrogen-bond acceptors (Lipinski definition) is 0. The quantitative estimate of drug-likeness (QED) is 0.387. The van der Waals surface area contributed by atoms with Crippen LogP contribution in [0.25, 0.3) is 0 Å². The van der Waals surface area contributed by atoms with Crippen LogP contribution in [0.15, 0.2) is 59.4 Å². The van der Waals surface area contributed by atoms with Gasteiger partial charge in [0.05, 0.1) is 0 Å². The van der Waals surface area contributed by atoms with Gasteiger partial charge < -0.3 is 0 Å². The predicted molar refractivity (Wildman–Crippen MR) is 83.9 cm³/mol. The Kier molecular flexibility index (Phi) is 7.18. The molecule has 0 fully saturated rings. The van der Waals surface area contributed by atoms with E-state index in [1.165, 1.54) is 24.0 Å². The van der Waals surface area contributed by atoms with E-state index < -0.39 is 0 Å². The van der Waals surface area contributed by atoms with Crippen molar-refractivity contribution < 1.29 is 0 Å². The van der Waals surface area contributed by atoms with E-state index in [4.69, 9.17) is 0 Å². The molecule has 0 saturated carbocycles. The van der Waals surface area contributed by atoms with E-state index in [1.54, 1.807) is 0 Å². The number of rotatable bonds is 4. The van der Waals surface area contributed by atoms with Gasteiger partial charge in [0.1, 0.15) is 0 Å². The summed E-state index contributed by atoms with van der Waals surface area (Å²) in [5, 5.41) is 0. The number of hydrogen-bond donors (Lipinski definition) is 0. The van der Waals surface area contributed by atoms with Crippen molar-refractivity contribution in [2.45, 2.75) is 40.0 Å². The summed E-state index contributed by atoms with van der Waals surface area (Å²) in [5.74, 6) is 6.49. The average Bonchev–Trinajstić information content (AvgIpc) is 2.42. The zero-order valence-electron chi connectivity index (χ0n) is 12.2. The third-order valence-corrected chi connectivity index (χ3v) is 2.60. The van der Waals surface area contributed by atoms with Crippen LogP contribution in [0.2, 0.25) is 0 Å². The minimum Gasteiger partial charge on any atom is -0.122 e. The summed E-state index contributed by atoms with van der Waals surface area (Å²) >= 11 is 0. The first kappa shape index (κ1) is 15.1. The lowest BCUT2D eigenvalue weighted by atomic mass is 10.1. The standard InChI is InChI=1S/C19H22/c1-4-5-11-18(14-9-10-17(2)3)15-16-19-12-7-6-8-13-19/h6-9,12-14H,4-5,11H2,1-3H3/b18-14+. The molecular formula is C19H22. The first-order valence-electron chi connectivity index (χ1n) is 6.88. The highest BCUT2D eigenvalue weighted by Gasteiger charge is 1.91. The van der Waals surface area contributed by atoms with Crippen LogP contribution in [0.1, 0.15) is 45.6 Å². The van der Waals surface area contributed by atoms with Gasteiger partial charge in [-0.1, -0.05) is 43.4 Å². The Balaban J connectivity index is 2.87. The lowest BCUT2D eigenvalue weighted by Gasteiger charge is -1.96. The largest absolute Gasteiger partial charge is 0.122 e. The Bertz CT molecular complexity index is 522. The smallest absolute Gasteiger partial charge is 0.0248 e. The third-order valence-electron chi connectivity index (χ3n) is 2.60. The van der Waals surface area contributed by atoms with E-state index in [0.717, 1.165) is 12.0 Å². The lowest BCUT2D eigenvalue weighted by molar-refractivity contribution is 0.801. The highest BCUT2D eigenvalue weighted by atomic mass is 14.0. The molecule has 0 saturated heterocycles. The molecular weight excluding hydrogens is 228 g/mol. The number of allylic oxidation sites excluding steroid dienone is 3. The van der Waals surface area contributed by atoms with Gasteiger partial charge in [-0.25, -0.2) is 0 Å². The Morgan fingerprint density at radius 1 is 1.16 bits per heavy atom. The normalized spacial score (nSPS) is 10.2. The zero-order chi connectivity index (χ0) is 13.9. The Labute approximate surface area is 117 Å². The van der Waals surface area contributed by atoms with Crippen LogP contribution in [0.5, 0.6) is 0 Å². The van der Waals surface area contributed by atoms with Gasteiger partial charge in [-0.3, -0.25) is 0 Å². The summed E-state index contributed by atoms with van der Waals surface area (Å²) in [5.41, 5.74) is 6.63. The second kappa shape index (κ2) is 9.03. The van der Waals surface area contributed by atoms with Gasteiger partial charge in [0.15, 0.2) is 0 Å². The van der Waals surface area contributed by atoms with Gasteiger partial charge in [0.25, 0.3) is 0 Å². The predicted octanol–water partition coefficient (Wildman–Crippen LogP) is 5.28. The summed E-state index contributed by atoms with van der Waals surface area (Å²) < 4.78 is 0. The van der Waals surface area contributed by atoms with Gasteiger partial charge in [-0.05, 0) is 56.5 Å². The Morgan fingerprint density at radius 2 is 1.89 bits per heavy atom. The zero-order valence-corrected chi connectivity index (χ0v) is 12.2. The fourth-order valence-electron chi connectivity index (χ4n) is 1.54. The molecule has 19 heavy (non-hydrogen) atoms. The molecule has 1 rings (SSSR count). The van der Waals surface area contributed by atoms with E-state index in [0.29, 0.717) is 0 Å². The van der Waals surface area contributed by atoms with Gasteiger partial charge in [-0.15, -0.1) is 5.73 Å². The van der Waals surface area contributed by atoms with Crippen LogP contribution in [0.3, 0.4) is 0 Å². The second-order valence-electron chi connectivity index (χ2n) is 4.72. The first-order chi connectivity index (χ1) is 9.22. The molecule has 98 valence electrons. The van der Waals surface area contributed by atoms with Gasteiger partial charge in [0, 0.05) is 11.1 Å². The van der Waals surface area contributed by atoms with E-state index in [-0.39, 0.29) is 0 Å². The van der Waals surface area contributed by atoms with Crippen molar-refractivity contribution in [3.63, 3.8) is 0 Å². The average molecular weight is 250 g/mol. The van der Waals surface area contributed by atoms with Crippen molar-refractivity contribution in [1.82, 2.24) is 0 Å². The highest BCUT2D eigenvalue weighted by molar-refractivity contribution is 5.41. The SMILES string of the molecule is CCCC/C(C#Cc1ccccc1)=C\C=C=C(C)C. The van der Waals surface area contributed by atoms with E-state index in [9.17, 15) is 0 Å². The van der Waals surface area contributed by atoms with Crippen LogP contribution in [-0.2, 0) is 0 Å². The molecule has 0 aliphatic rings. The minimum absolute atomic E-state index is 1.04. The minimum atomic E-state index is 1.04. The Hall–Kier alpha value is -1.96. The molecule has 0 amide bonds. The van der Waals surface area contributed by atoms with Crippen molar-refractivity contribution >= 4 is 0 Å². The van der Waals surface area contributed by atoms with Crippen LogP contribution in [0, 0.1) is 11.8 Å². The number of unbranched alkanes of at least 4 members (excludes halogenated alkanes) is 1. The summed E-state index contributed by atoms with van der Waals surface area (Å²) in [7, 11) is 0. The van der Waals surface area contributed by atoms with Gasteiger partial charge >= 0.3 is 0 Å². The summed E-state index contributed by atoms with van der Waals surface area (Å²) in [4.78, 5) is 0. The molecule has 0 nitrogen and oxygen atoms in total. The van der Waals surface area contributed by atoms with Crippen molar-refractivity contribution in [3.8, 4) is 11.8 Å². The monoisotopic (exact) mass is 250 g/mol. The maximum Gasteiger partial charge on any atom is 0.0248 e. The molecule has 0 radical (unpaired) electrons. The van der Waals surface area contributed by atoms with Crippen molar-refractivity contribution in [1.29, 1.82) is 0 Å². The molecule has 0 atom stereocenters. The van der Waals surface area contributed by atoms with E-state index in [2.05, 4.69) is 30.6 Å². The summed E-state index contributed by atoms with van der Waals surface area (Å²) in [6.45, 7) is 6.30. The highest BCUT2D eigenvalue weighted by Crippen LogP contribution is 2.07. The van der Waals surface area contributed by atoms with Crippen molar-refractivity contribution in [3.05, 3.63) is 64.9 Å². The maximum atomic E-state index is 3.28. The van der Waals surface area contributed by atoms with Crippen LogP contribution >= 0.6 is 0 Å². The topological polar surface area (TPSA) is 0 Å². The molecule has 0 aliphatic heterocycles. The molecule has 0 unspecified atom stereocenters. The number of benzene rings is 1. The molecule has 0 aromatic heterocycles. The van der Waals surface area contributed by atoms with Crippen molar-refractivity contribution in [2.24, 2.45) is 0 Å². The van der Waals surface area contributed by atoms with Crippen LogP contribution < -0.4 is 0 Å².